The topological polar surface area (TPSA) is 54.7 Å². The Balaban J connectivity index is 1.28. The number of fused-ring (bicyclic) bond motifs is 2. The molecule has 7 heteroatoms. The Morgan fingerprint density at radius 1 is 0.919 bits per heavy atom. The lowest BCUT2D eigenvalue weighted by molar-refractivity contribution is -0.661. The molecule has 0 bridgehead atoms. The Hall–Kier alpha value is -4.36. The summed E-state index contributed by atoms with van der Waals surface area (Å²) in [6.07, 6.45) is 6.54. The van der Waals surface area contributed by atoms with Crippen molar-refractivity contribution in [1.82, 2.24) is 15.1 Å². The Morgan fingerprint density at radius 2 is 1.70 bits per heavy atom. The zero-order valence-corrected chi connectivity index (χ0v) is 21.4. The van der Waals surface area contributed by atoms with Gasteiger partial charge in [0.15, 0.2) is 6.20 Å². The van der Waals surface area contributed by atoms with Crippen molar-refractivity contribution in [3.63, 3.8) is 0 Å². The lowest BCUT2D eigenvalue weighted by atomic mass is 10.1. The van der Waals surface area contributed by atoms with Gasteiger partial charge in [-0.15, -0.1) is 0 Å². The minimum Gasteiger partial charge on any atom is -0.346 e. The predicted octanol–water partition coefficient (Wildman–Crippen LogP) is 4.26. The fourth-order valence-corrected chi connectivity index (χ4v) is 6.00. The van der Waals surface area contributed by atoms with Crippen LogP contribution in [0.4, 0.5) is 0 Å². The number of aryl methyl sites for hydroxylation is 1. The quantitative estimate of drug-likeness (QED) is 0.330. The van der Waals surface area contributed by atoms with E-state index in [0.29, 0.717) is 6.54 Å². The Kier molecular flexibility index (Phi) is 6.20. The van der Waals surface area contributed by atoms with E-state index in [1.807, 2.05) is 47.3 Å². The average Bonchev–Trinajstić information content (AvgIpc) is 3.58. The van der Waals surface area contributed by atoms with Crippen LogP contribution in [0.25, 0.3) is 26.8 Å². The number of nitrogens with zero attached hydrogens (tertiary/aromatic N) is 4. The van der Waals surface area contributed by atoms with Crippen LogP contribution in [0, 0.1) is 0 Å². The van der Waals surface area contributed by atoms with Gasteiger partial charge < -0.3 is 5.32 Å². The molecule has 0 spiro atoms. The molecular weight excluding hydrogens is 478 g/mol. The maximum atomic E-state index is 13.2. The predicted molar refractivity (Wildman–Crippen MR) is 145 cm³/mol. The van der Waals surface area contributed by atoms with Gasteiger partial charge >= 0.3 is 0 Å². The Labute approximate surface area is 219 Å². The maximum Gasteiger partial charge on any atom is 0.286 e. The maximum absolute atomic E-state index is 13.2. The number of hydrogen-bond acceptors (Lipinski definition) is 3. The molecule has 3 aromatic heterocycles. The molecule has 3 aromatic carbocycles. The number of amides is 1. The van der Waals surface area contributed by atoms with E-state index in [0.717, 1.165) is 28.2 Å². The van der Waals surface area contributed by atoms with Crippen molar-refractivity contribution in [2.24, 2.45) is 7.05 Å². The minimum atomic E-state index is -0.0191. The van der Waals surface area contributed by atoms with E-state index in [-0.39, 0.29) is 12.5 Å². The fourth-order valence-electron chi connectivity index (χ4n) is 4.82. The fraction of sp³-hybridized carbons (Fsp3) is 0.133. The van der Waals surface area contributed by atoms with Crippen LogP contribution in [0.5, 0.6) is 0 Å². The SMILES string of the molecule is C[n+]1ccc(Cc2sc3ccccc3[n+]2CC(=O)NCc2ccccc2-n2cccn2)c2ccccc21. The summed E-state index contributed by atoms with van der Waals surface area (Å²) in [5.74, 6) is -0.0191. The summed E-state index contributed by atoms with van der Waals surface area (Å²) in [7, 11) is 2.07. The summed E-state index contributed by atoms with van der Waals surface area (Å²) in [5.41, 5.74) is 5.51. The molecule has 6 aromatic rings. The highest BCUT2D eigenvalue weighted by Crippen LogP contribution is 2.25. The van der Waals surface area contributed by atoms with Gasteiger partial charge in [0.25, 0.3) is 5.91 Å². The van der Waals surface area contributed by atoms with Crippen LogP contribution in [0.15, 0.2) is 104 Å². The summed E-state index contributed by atoms with van der Waals surface area (Å²) in [6.45, 7) is 0.703. The number of pyridine rings is 1. The first-order valence-corrected chi connectivity index (χ1v) is 13.1. The number of aromatic nitrogens is 4. The monoisotopic (exact) mass is 505 g/mol. The second kappa shape index (κ2) is 9.95. The molecule has 0 saturated heterocycles. The van der Waals surface area contributed by atoms with Gasteiger partial charge in [-0.1, -0.05) is 53.8 Å². The van der Waals surface area contributed by atoms with Gasteiger partial charge in [0.1, 0.15) is 11.7 Å². The molecule has 6 rings (SSSR count). The van der Waals surface area contributed by atoms with Crippen molar-refractivity contribution in [2.75, 3.05) is 0 Å². The summed E-state index contributed by atoms with van der Waals surface area (Å²) < 4.78 is 7.31. The molecule has 1 amide bonds. The third-order valence-electron chi connectivity index (χ3n) is 6.68. The van der Waals surface area contributed by atoms with E-state index < -0.39 is 0 Å². The molecule has 0 unspecified atom stereocenters. The number of nitrogens with one attached hydrogen (secondary N) is 1. The standard InChI is InChI=1S/C30H26N5OS/c1-33-18-15-22(24-10-3-5-12-26(24)33)19-30-34(27-13-6-7-14-28(27)37-30)21-29(36)31-20-23-9-2-4-11-25(23)35-17-8-16-32-35/h2-18H,19-21H2,1H3/q+1/p+1. The third kappa shape index (κ3) is 4.61. The van der Waals surface area contributed by atoms with Crippen LogP contribution in [-0.4, -0.2) is 15.7 Å². The van der Waals surface area contributed by atoms with Crippen molar-refractivity contribution in [1.29, 1.82) is 0 Å². The van der Waals surface area contributed by atoms with Gasteiger partial charge in [0, 0.05) is 37.1 Å². The second-order valence-corrected chi connectivity index (χ2v) is 10.2. The smallest absolute Gasteiger partial charge is 0.286 e. The minimum absolute atomic E-state index is 0.0191. The van der Waals surface area contributed by atoms with E-state index in [1.54, 1.807) is 17.5 Å². The van der Waals surface area contributed by atoms with Gasteiger partial charge in [-0.2, -0.15) is 9.67 Å². The molecule has 0 saturated carbocycles. The lowest BCUT2D eigenvalue weighted by Gasteiger charge is -2.10. The molecule has 0 atom stereocenters. The molecule has 0 aliphatic rings. The van der Waals surface area contributed by atoms with Gasteiger partial charge in [-0.05, 0) is 35.4 Å². The van der Waals surface area contributed by atoms with Crippen LogP contribution in [0.1, 0.15) is 16.1 Å². The molecule has 182 valence electrons. The summed E-state index contributed by atoms with van der Waals surface area (Å²) in [5, 5.41) is 9.87. The molecule has 0 aliphatic heterocycles. The van der Waals surface area contributed by atoms with Gasteiger partial charge in [0.05, 0.1) is 17.5 Å². The van der Waals surface area contributed by atoms with Gasteiger partial charge in [0.2, 0.25) is 22.6 Å². The summed E-state index contributed by atoms with van der Waals surface area (Å²) in [4.78, 5) is 13.2. The largest absolute Gasteiger partial charge is 0.346 e. The van der Waals surface area contributed by atoms with E-state index in [4.69, 9.17) is 0 Å². The normalized spacial score (nSPS) is 11.3. The second-order valence-electron chi connectivity index (χ2n) is 9.05. The molecule has 0 radical (unpaired) electrons. The molecule has 3 heterocycles. The Bertz CT molecular complexity index is 1720. The number of hydrogen-bond donors (Lipinski definition) is 1. The highest BCUT2D eigenvalue weighted by atomic mass is 32.1. The van der Waals surface area contributed by atoms with Crippen LogP contribution < -0.4 is 14.5 Å². The molecule has 6 nitrogen and oxygen atoms in total. The number of para-hydroxylation sites is 3. The number of thiazole rings is 1. The van der Waals surface area contributed by atoms with E-state index in [9.17, 15) is 4.79 Å². The van der Waals surface area contributed by atoms with E-state index in [2.05, 4.69) is 81.3 Å². The van der Waals surface area contributed by atoms with Crippen LogP contribution >= 0.6 is 11.3 Å². The van der Waals surface area contributed by atoms with Crippen molar-refractivity contribution in [3.05, 3.63) is 120 Å². The Morgan fingerprint density at radius 3 is 2.57 bits per heavy atom. The molecule has 37 heavy (non-hydrogen) atoms. The summed E-state index contributed by atoms with van der Waals surface area (Å²) >= 11 is 1.75. The molecule has 0 fully saturated rings. The third-order valence-corrected chi connectivity index (χ3v) is 7.84. The van der Waals surface area contributed by atoms with E-state index in [1.165, 1.54) is 21.2 Å². The number of benzene rings is 3. The first-order chi connectivity index (χ1) is 18.2. The first-order valence-electron chi connectivity index (χ1n) is 12.3. The highest BCUT2D eigenvalue weighted by Gasteiger charge is 2.24. The zero-order chi connectivity index (χ0) is 25.2. The lowest BCUT2D eigenvalue weighted by Crippen LogP contribution is -2.44. The van der Waals surface area contributed by atoms with Crippen LogP contribution in [-0.2, 0) is 31.4 Å². The number of carbonyl (C=O) groups excluding carboxylic acids is 1. The first kappa shape index (κ1) is 23.1. The van der Waals surface area contributed by atoms with Crippen molar-refractivity contribution in [2.45, 2.75) is 19.5 Å². The van der Waals surface area contributed by atoms with Crippen molar-refractivity contribution in [3.8, 4) is 5.69 Å². The van der Waals surface area contributed by atoms with Gasteiger partial charge in [-0.3, -0.25) is 4.79 Å². The number of rotatable bonds is 7. The van der Waals surface area contributed by atoms with Crippen LogP contribution in [0.3, 0.4) is 0 Å². The van der Waals surface area contributed by atoms with Crippen molar-refractivity contribution < 1.29 is 13.9 Å². The number of carbonyl (C=O) groups is 1. The summed E-state index contributed by atoms with van der Waals surface area (Å²) in [6, 6.07) is 28.9. The highest BCUT2D eigenvalue weighted by molar-refractivity contribution is 7.18. The van der Waals surface area contributed by atoms with Crippen molar-refractivity contribution >= 4 is 38.4 Å². The van der Waals surface area contributed by atoms with Crippen LogP contribution in [0.2, 0.25) is 0 Å². The molecule has 0 aliphatic carbocycles. The molecular formula is C30H27N5OS+2. The van der Waals surface area contributed by atoms with Gasteiger partial charge in [-0.25, -0.2) is 9.25 Å². The molecule has 1 N–H and O–H groups in total. The van der Waals surface area contributed by atoms with E-state index >= 15 is 0 Å². The zero-order valence-electron chi connectivity index (χ0n) is 20.5. The average molecular weight is 506 g/mol.